The Morgan fingerprint density at radius 2 is 1.90 bits per heavy atom. The molecule has 1 aromatic carbocycles. The zero-order chi connectivity index (χ0) is 21.8. The Bertz CT molecular complexity index is 1090. The van der Waals surface area contributed by atoms with Crippen molar-refractivity contribution in [2.75, 3.05) is 20.8 Å². The molecule has 9 heteroatoms. The standard InChI is InChI=1S/C22H20N2O5S2/c1-27-14-7-8-15(18(11-14)28-2)22(26)29-13-21(25)24-17(20-6-4-10-31-20)12-16(23-24)19-5-3-9-30-19/h3-11,17H,12-13H2,1-2H3. The summed E-state index contributed by atoms with van der Waals surface area (Å²) in [5.74, 6) is -0.170. The molecular formula is C22H20N2O5S2. The second kappa shape index (κ2) is 9.32. The number of benzene rings is 1. The summed E-state index contributed by atoms with van der Waals surface area (Å²) >= 11 is 3.15. The number of methoxy groups -OCH3 is 2. The molecule has 0 fully saturated rings. The van der Waals surface area contributed by atoms with E-state index < -0.39 is 12.6 Å². The fourth-order valence-electron chi connectivity index (χ4n) is 3.27. The van der Waals surface area contributed by atoms with Crippen molar-refractivity contribution in [2.45, 2.75) is 12.5 Å². The molecule has 3 heterocycles. The van der Waals surface area contributed by atoms with Gasteiger partial charge in [0.15, 0.2) is 6.61 Å². The smallest absolute Gasteiger partial charge is 0.342 e. The normalized spacial score (nSPS) is 15.5. The fraction of sp³-hybridized carbons (Fsp3) is 0.227. The first-order valence-corrected chi connectivity index (χ1v) is 11.2. The van der Waals surface area contributed by atoms with Crippen molar-refractivity contribution in [1.82, 2.24) is 5.01 Å². The zero-order valence-corrected chi connectivity index (χ0v) is 18.6. The number of esters is 1. The number of carbonyl (C=O) groups excluding carboxylic acids is 2. The van der Waals surface area contributed by atoms with E-state index in [2.05, 4.69) is 5.10 Å². The number of nitrogens with zero attached hydrogens (tertiary/aromatic N) is 2. The van der Waals surface area contributed by atoms with Gasteiger partial charge in [-0.1, -0.05) is 12.1 Å². The minimum Gasteiger partial charge on any atom is -0.497 e. The zero-order valence-electron chi connectivity index (χ0n) is 16.9. The molecule has 31 heavy (non-hydrogen) atoms. The van der Waals surface area contributed by atoms with Gasteiger partial charge in [-0.2, -0.15) is 5.10 Å². The van der Waals surface area contributed by atoms with Gasteiger partial charge in [0.1, 0.15) is 17.1 Å². The van der Waals surface area contributed by atoms with Crippen LogP contribution in [-0.4, -0.2) is 43.4 Å². The van der Waals surface area contributed by atoms with Crippen molar-refractivity contribution in [1.29, 1.82) is 0 Å². The summed E-state index contributed by atoms with van der Waals surface area (Å²) in [5, 5.41) is 9.94. The van der Waals surface area contributed by atoms with E-state index in [0.29, 0.717) is 17.9 Å². The van der Waals surface area contributed by atoms with E-state index in [-0.39, 0.29) is 17.5 Å². The van der Waals surface area contributed by atoms with Crippen LogP contribution in [0, 0.1) is 0 Å². The highest BCUT2D eigenvalue weighted by molar-refractivity contribution is 7.12. The second-order valence-electron chi connectivity index (χ2n) is 6.64. The molecule has 0 saturated heterocycles. The maximum atomic E-state index is 13.0. The van der Waals surface area contributed by atoms with Crippen LogP contribution in [0.1, 0.15) is 32.6 Å². The molecule has 0 radical (unpaired) electrons. The molecular weight excluding hydrogens is 436 g/mol. The monoisotopic (exact) mass is 456 g/mol. The molecule has 0 bridgehead atoms. The Morgan fingerprint density at radius 1 is 1.10 bits per heavy atom. The van der Waals surface area contributed by atoms with Gasteiger partial charge in [-0.3, -0.25) is 4.79 Å². The highest BCUT2D eigenvalue weighted by Gasteiger charge is 2.34. The molecule has 4 rings (SSSR count). The van der Waals surface area contributed by atoms with E-state index in [4.69, 9.17) is 14.2 Å². The van der Waals surface area contributed by atoms with Crippen LogP contribution in [0.4, 0.5) is 0 Å². The predicted molar refractivity (Wildman–Crippen MR) is 119 cm³/mol. The van der Waals surface area contributed by atoms with Crippen molar-refractivity contribution >= 4 is 40.3 Å². The first-order chi connectivity index (χ1) is 15.1. The Hall–Kier alpha value is -3.17. The van der Waals surface area contributed by atoms with Crippen LogP contribution in [0.25, 0.3) is 0 Å². The Kier molecular flexibility index (Phi) is 6.34. The topological polar surface area (TPSA) is 77.4 Å². The lowest BCUT2D eigenvalue weighted by atomic mass is 10.1. The highest BCUT2D eigenvalue weighted by atomic mass is 32.1. The lowest BCUT2D eigenvalue weighted by Gasteiger charge is -2.20. The number of hydrazone groups is 1. The Balaban J connectivity index is 1.49. The molecule has 160 valence electrons. The fourth-order valence-corrected chi connectivity index (χ4v) is 4.81. The third-order valence-corrected chi connectivity index (χ3v) is 6.69. The minimum absolute atomic E-state index is 0.209. The molecule has 1 unspecified atom stereocenters. The number of hydrogen-bond donors (Lipinski definition) is 0. The summed E-state index contributed by atoms with van der Waals surface area (Å²) in [7, 11) is 2.98. The van der Waals surface area contributed by atoms with Crippen molar-refractivity contribution in [2.24, 2.45) is 5.10 Å². The quantitative estimate of drug-likeness (QED) is 0.494. The Labute approximate surface area is 187 Å². The van der Waals surface area contributed by atoms with E-state index in [0.717, 1.165) is 15.5 Å². The number of amides is 1. The van der Waals surface area contributed by atoms with Gasteiger partial charge in [0.05, 0.1) is 30.9 Å². The summed E-state index contributed by atoms with van der Waals surface area (Å²) < 4.78 is 15.7. The Morgan fingerprint density at radius 3 is 2.58 bits per heavy atom. The lowest BCUT2D eigenvalue weighted by molar-refractivity contribution is -0.136. The third kappa shape index (κ3) is 4.47. The molecule has 3 aromatic rings. The maximum absolute atomic E-state index is 13.0. The molecule has 1 atom stereocenters. The van der Waals surface area contributed by atoms with Crippen LogP contribution in [0.3, 0.4) is 0 Å². The summed E-state index contributed by atoms with van der Waals surface area (Å²) in [6, 6.07) is 12.4. The second-order valence-corrected chi connectivity index (χ2v) is 8.57. The average Bonchev–Trinajstić information content (AvgIpc) is 3.56. The predicted octanol–water partition coefficient (Wildman–Crippen LogP) is 4.36. The van der Waals surface area contributed by atoms with Crippen LogP contribution >= 0.6 is 22.7 Å². The van der Waals surface area contributed by atoms with Crippen LogP contribution < -0.4 is 9.47 Å². The van der Waals surface area contributed by atoms with Crippen LogP contribution in [-0.2, 0) is 9.53 Å². The van der Waals surface area contributed by atoms with E-state index >= 15 is 0 Å². The van der Waals surface area contributed by atoms with Crippen molar-refractivity contribution < 1.29 is 23.8 Å². The molecule has 7 nitrogen and oxygen atoms in total. The SMILES string of the molecule is COc1ccc(C(=O)OCC(=O)N2N=C(c3cccs3)CC2c2cccs2)c(OC)c1. The van der Waals surface area contributed by atoms with Crippen LogP contribution in [0.2, 0.25) is 0 Å². The molecule has 0 saturated carbocycles. The number of rotatable bonds is 7. The van der Waals surface area contributed by atoms with E-state index in [1.165, 1.54) is 19.2 Å². The summed E-state index contributed by atoms with van der Waals surface area (Å²) in [4.78, 5) is 27.6. The molecule has 1 amide bonds. The highest BCUT2D eigenvalue weighted by Crippen LogP contribution is 2.36. The minimum atomic E-state index is -0.651. The summed E-state index contributed by atoms with van der Waals surface area (Å²) in [6.07, 6.45) is 0.618. The number of hydrogen-bond acceptors (Lipinski definition) is 8. The first-order valence-electron chi connectivity index (χ1n) is 9.46. The van der Waals surface area contributed by atoms with Gasteiger partial charge in [-0.05, 0) is 35.0 Å². The molecule has 1 aliphatic heterocycles. The van der Waals surface area contributed by atoms with Crippen LogP contribution in [0.15, 0.2) is 58.3 Å². The molecule has 0 aliphatic carbocycles. The van der Waals surface area contributed by atoms with Gasteiger partial charge >= 0.3 is 5.97 Å². The van der Waals surface area contributed by atoms with Crippen molar-refractivity contribution in [3.05, 3.63) is 68.5 Å². The lowest BCUT2D eigenvalue weighted by Crippen LogP contribution is -2.31. The number of thiophene rings is 2. The van der Waals surface area contributed by atoms with Gasteiger partial charge in [0.2, 0.25) is 0 Å². The van der Waals surface area contributed by atoms with Gasteiger partial charge in [-0.15, -0.1) is 22.7 Å². The van der Waals surface area contributed by atoms with Gasteiger partial charge in [-0.25, -0.2) is 9.80 Å². The number of ether oxygens (including phenoxy) is 3. The largest absolute Gasteiger partial charge is 0.497 e. The van der Waals surface area contributed by atoms with Gasteiger partial charge in [0.25, 0.3) is 5.91 Å². The summed E-state index contributed by atoms with van der Waals surface area (Å²) in [5.41, 5.74) is 1.07. The van der Waals surface area contributed by atoms with Crippen molar-refractivity contribution in [3.63, 3.8) is 0 Å². The van der Waals surface area contributed by atoms with E-state index in [9.17, 15) is 9.59 Å². The maximum Gasteiger partial charge on any atom is 0.342 e. The third-order valence-electron chi connectivity index (χ3n) is 4.80. The van der Waals surface area contributed by atoms with Crippen molar-refractivity contribution in [3.8, 4) is 11.5 Å². The summed E-state index contributed by atoms with van der Waals surface area (Å²) in [6.45, 7) is -0.420. The molecule has 0 spiro atoms. The van der Waals surface area contributed by atoms with E-state index in [1.807, 2.05) is 35.0 Å². The van der Waals surface area contributed by atoms with Gasteiger partial charge in [0, 0.05) is 17.4 Å². The average molecular weight is 457 g/mol. The molecule has 2 aromatic heterocycles. The van der Waals surface area contributed by atoms with Crippen LogP contribution in [0.5, 0.6) is 11.5 Å². The molecule has 1 aliphatic rings. The number of carbonyl (C=O) groups is 2. The van der Waals surface area contributed by atoms with Gasteiger partial charge < -0.3 is 14.2 Å². The molecule has 0 N–H and O–H groups in total. The van der Waals surface area contributed by atoms with E-state index in [1.54, 1.807) is 40.9 Å². The first kappa shape index (κ1) is 21.1.